The highest BCUT2D eigenvalue weighted by molar-refractivity contribution is 6.03. The van der Waals surface area contributed by atoms with Gasteiger partial charge in [0.05, 0.1) is 23.3 Å². The lowest BCUT2D eigenvalue weighted by Crippen LogP contribution is -2.13. The van der Waals surface area contributed by atoms with Gasteiger partial charge in [-0.05, 0) is 41.9 Å². The molecule has 0 saturated carbocycles. The standard InChI is InChI=1S/C29H29N5O/c1-34-18-23(24(19-34)29-31-17-27(33-29)22-7-3-2-4-8-22)21-14-11-20(12-15-21)13-16-28(35)32-26-10-6-5-9-25(26)30/h2-17,23-24H,18-19,30H2,1H3,(H,31,33)(H,32,35). The molecule has 2 unspecified atom stereocenters. The molecule has 6 nitrogen and oxygen atoms in total. The maximum atomic E-state index is 12.3. The van der Waals surface area contributed by atoms with Gasteiger partial charge in [0, 0.05) is 31.0 Å². The molecule has 0 spiro atoms. The maximum absolute atomic E-state index is 12.3. The Morgan fingerprint density at radius 2 is 1.71 bits per heavy atom. The minimum atomic E-state index is -0.212. The second kappa shape index (κ2) is 9.99. The van der Waals surface area contributed by atoms with E-state index in [2.05, 4.69) is 58.6 Å². The van der Waals surface area contributed by atoms with Crippen molar-refractivity contribution >= 4 is 23.4 Å². The number of hydrogen-bond donors (Lipinski definition) is 3. The minimum absolute atomic E-state index is 0.212. The van der Waals surface area contributed by atoms with Gasteiger partial charge in [-0.3, -0.25) is 4.79 Å². The molecule has 5 rings (SSSR count). The fourth-order valence-electron chi connectivity index (χ4n) is 4.72. The number of likely N-dealkylation sites (N-methyl/N-ethyl adjacent to an activating group) is 1. The van der Waals surface area contributed by atoms with Crippen LogP contribution >= 0.6 is 0 Å². The molecule has 6 heteroatoms. The van der Waals surface area contributed by atoms with E-state index in [-0.39, 0.29) is 5.91 Å². The number of aromatic amines is 1. The average Bonchev–Trinajstić information content (AvgIpc) is 3.52. The van der Waals surface area contributed by atoms with Crippen molar-refractivity contribution in [2.45, 2.75) is 11.8 Å². The summed E-state index contributed by atoms with van der Waals surface area (Å²) in [4.78, 5) is 22.9. The molecule has 35 heavy (non-hydrogen) atoms. The highest BCUT2D eigenvalue weighted by atomic mass is 16.1. The van der Waals surface area contributed by atoms with E-state index in [1.807, 2.05) is 42.6 Å². The molecule has 2 heterocycles. The summed E-state index contributed by atoms with van der Waals surface area (Å²) in [5.41, 5.74) is 11.5. The Balaban J connectivity index is 1.28. The number of imidazole rings is 1. The molecule has 2 atom stereocenters. The highest BCUT2D eigenvalue weighted by Gasteiger charge is 2.35. The van der Waals surface area contributed by atoms with Gasteiger partial charge in [0.2, 0.25) is 5.91 Å². The lowest BCUT2D eigenvalue weighted by Gasteiger charge is -2.17. The second-order valence-corrected chi connectivity index (χ2v) is 9.06. The molecular formula is C29H29N5O. The molecular weight excluding hydrogens is 434 g/mol. The number of amides is 1. The Bertz CT molecular complexity index is 1330. The van der Waals surface area contributed by atoms with Gasteiger partial charge < -0.3 is 20.9 Å². The van der Waals surface area contributed by atoms with Crippen LogP contribution in [0.3, 0.4) is 0 Å². The zero-order chi connectivity index (χ0) is 24.2. The fourth-order valence-corrected chi connectivity index (χ4v) is 4.72. The number of nitrogen functional groups attached to an aromatic ring is 1. The molecule has 3 aromatic carbocycles. The number of rotatable bonds is 6. The number of para-hydroxylation sites is 2. The van der Waals surface area contributed by atoms with E-state index >= 15 is 0 Å². The third kappa shape index (κ3) is 5.18. The summed E-state index contributed by atoms with van der Waals surface area (Å²) in [6.07, 6.45) is 5.28. The van der Waals surface area contributed by atoms with Crippen LogP contribution in [-0.4, -0.2) is 40.9 Å². The summed E-state index contributed by atoms with van der Waals surface area (Å²) in [7, 11) is 2.16. The third-order valence-corrected chi connectivity index (χ3v) is 6.54. The number of nitrogens with zero attached hydrogens (tertiary/aromatic N) is 2. The van der Waals surface area contributed by atoms with E-state index in [0.717, 1.165) is 35.7 Å². The number of nitrogens with one attached hydrogen (secondary N) is 2. The molecule has 1 aromatic heterocycles. The number of likely N-dealkylation sites (tertiary alicyclic amines) is 1. The zero-order valence-corrected chi connectivity index (χ0v) is 19.7. The Labute approximate surface area is 205 Å². The largest absolute Gasteiger partial charge is 0.397 e. The molecule has 176 valence electrons. The third-order valence-electron chi connectivity index (χ3n) is 6.54. The average molecular weight is 464 g/mol. The predicted octanol–water partition coefficient (Wildman–Crippen LogP) is 5.12. The van der Waals surface area contributed by atoms with E-state index in [1.54, 1.807) is 12.1 Å². The van der Waals surface area contributed by atoms with Gasteiger partial charge in [0.25, 0.3) is 0 Å². The molecule has 4 N–H and O–H groups in total. The number of benzene rings is 3. The first-order valence-corrected chi connectivity index (χ1v) is 11.8. The van der Waals surface area contributed by atoms with Gasteiger partial charge in [0.15, 0.2) is 0 Å². The van der Waals surface area contributed by atoms with Crippen molar-refractivity contribution in [1.29, 1.82) is 0 Å². The molecule has 0 radical (unpaired) electrons. The molecule has 1 fully saturated rings. The number of carbonyl (C=O) groups excluding carboxylic acids is 1. The van der Waals surface area contributed by atoms with Crippen LogP contribution in [0, 0.1) is 0 Å². The van der Waals surface area contributed by atoms with Crippen molar-refractivity contribution in [3.05, 3.63) is 108 Å². The van der Waals surface area contributed by atoms with Gasteiger partial charge in [-0.2, -0.15) is 0 Å². The number of anilines is 2. The molecule has 1 aliphatic heterocycles. The van der Waals surface area contributed by atoms with Crippen LogP contribution in [-0.2, 0) is 4.79 Å². The topological polar surface area (TPSA) is 87.0 Å². The van der Waals surface area contributed by atoms with E-state index in [4.69, 9.17) is 10.7 Å². The van der Waals surface area contributed by atoms with Crippen LogP contribution in [0.2, 0.25) is 0 Å². The van der Waals surface area contributed by atoms with E-state index < -0.39 is 0 Å². The quantitative estimate of drug-likeness (QED) is 0.273. The van der Waals surface area contributed by atoms with Gasteiger partial charge in [-0.1, -0.05) is 66.7 Å². The number of aromatic nitrogens is 2. The molecule has 0 bridgehead atoms. The lowest BCUT2D eigenvalue weighted by atomic mass is 9.88. The molecule has 4 aromatic rings. The SMILES string of the molecule is CN1CC(c2ccc(C=CC(=O)Nc3ccccc3N)cc2)C(c2ncc(-c3ccccc3)[nH]2)C1. The summed E-state index contributed by atoms with van der Waals surface area (Å²) < 4.78 is 0. The smallest absolute Gasteiger partial charge is 0.248 e. The molecule has 0 aliphatic carbocycles. The zero-order valence-electron chi connectivity index (χ0n) is 19.7. The van der Waals surface area contributed by atoms with E-state index in [9.17, 15) is 4.79 Å². The summed E-state index contributed by atoms with van der Waals surface area (Å²) >= 11 is 0. The van der Waals surface area contributed by atoms with Crippen LogP contribution in [0.4, 0.5) is 11.4 Å². The normalized spacial score (nSPS) is 18.2. The summed E-state index contributed by atoms with van der Waals surface area (Å²) in [5, 5.41) is 2.81. The van der Waals surface area contributed by atoms with Crippen molar-refractivity contribution in [2.24, 2.45) is 0 Å². The van der Waals surface area contributed by atoms with Crippen LogP contribution in [0.15, 0.2) is 91.1 Å². The molecule has 1 saturated heterocycles. The first kappa shape index (κ1) is 22.6. The minimum Gasteiger partial charge on any atom is -0.397 e. The van der Waals surface area contributed by atoms with Crippen LogP contribution in [0.25, 0.3) is 17.3 Å². The summed E-state index contributed by atoms with van der Waals surface area (Å²) in [6.45, 7) is 1.93. The Kier molecular flexibility index (Phi) is 6.46. The van der Waals surface area contributed by atoms with Crippen molar-refractivity contribution in [3.8, 4) is 11.3 Å². The summed E-state index contributed by atoms with van der Waals surface area (Å²) in [6, 6.07) is 25.9. The van der Waals surface area contributed by atoms with Crippen LogP contribution in [0.1, 0.15) is 28.8 Å². The number of carbonyl (C=O) groups is 1. The second-order valence-electron chi connectivity index (χ2n) is 9.06. The first-order valence-electron chi connectivity index (χ1n) is 11.8. The Morgan fingerprint density at radius 1 is 1.00 bits per heavy atom. The van der Waals surface area contributed by atoms with Gasteiger partial charge in [-0.15, -0.1) is 0 Å². The fraction of sp³-hybridized carbons (Fsp3) is 0.172. The summed E-state index contributed by atoms with van der Waals surface area (Å²) in [5.74, 6) is 1.45. The highest BCUT2D eigenvalue weighted by Crippen LogP contribution is 2.38. The van der Waals surface area contributed by atoms with Crippen LogP contribution < -0.4 is 11.1 Å². The maximum Gasteiger partial charge on any atom is 0.248 e. The lowest BCUT2D eigenvalue weighted by molar-refractivity contribution is -0.111. The molecule has 1 amide bonds. The number of H-pyrrole nitrogens is 1. The van der Waals surface area contributed by atoms with Crippen molar-refractivity contribution in [2.75, 3.05) is 31.2 Å². The Hall–Kier alpha value is -4.16. The first-order chi connectivity index (χ1) is 17.1. The number of hydrogen-bond acceptors (Lipinski definition) is 4. The number of nitrogens with two attached hydrogens (primary N) is 1. The molecule has 1 aliphatic rings. The predicted molar refractivity (Wildman–Crippen MR) is 142 cm³/mol. The van der Waals surface area contributed by atoms with Gasteiger partial charge in [0.1, 0.15) is 5.82 Å². The van der Waals surface area contributed by atoms with Crippen molar-refractivity contribution in [1.82, 2.24) is 14.9 Å². The Morgan fingerprint density at radius 3 is 2.49 bits per heavy atom. The van der Waals surface area contributed by atoms with Gasteiger partial charge >= 0.3 is 0 Å². The van der Waals surface area contributed by atoms with Crippen LogP contribution in [0.5, 0.6) is 0 Å². The van der Waals surface area contributed by atoms with E-state index in [0.29, 0.717) is 23.2 Å². The van der Waals surface area contributed by atoms with Crippen molar-refractivity contribution in [3.63, 3.8) is 0 Å². The van der Waals surface area contributed by atoms with Crippen molar-refractivity contribution < 1.29 is 4.79 Å². The van der Waals surface area contributed by atoms with E-state index in [1.165, 1.54) is 11.6 Å². The van der Waals surface area contributed by atoms with Gasteiger partial charge in [-0.25, -0.2) is 4.98 Å². The monoisotopic (exact) mass is 463 g/mol.